The van der Waals surface area contributed by atoms with Crippen molar-refractivity contribution >= 4 is 17.5 Å². The monoisotopic (exact) mass is 322 g/mol. The summed E-state index contributed by atoms with van der Waals surface area (Å²) in [5, 5.41) is 4.03. The number of ether oxygens (including phenoxy) is 1. The van der Waals surface area contributed by atoms with Crippen LogP contribution in [-0.2, 0) is 9.53 Å². The number of benzene rings is 1. The molecule has 0 aromatic heterocycles. The maximum Gasteiger partial charge on any atom is 0.249 e. The van der Waals surface area contributed by atoms with Gasteiger partial charge in [0.2, 0.25) is 5.91 Å². The van der Waals surface area contributed by atoms with Crippen molar-refractivity contribution in [2.75, 3.05) is 26.2 Å². The zero-order valence-corrected chi connectivity index (χ0v) is 13.5. The van der Waals surface area contributed by atoms with Crippen LogP contribution in [0.1, 0.15) is 37.3 Å². The highest BCUT2D eigenvalue weighted by atomic mass is 35.5. The van der Waals surface area contributed by atoms with Gasteiger partial charge in [0, 0.05) is 11.6 Å². The average molecular weight is 323 g/mol. The van der Waals surface area contributed by atoms with Crippen LogP contribution in [-0.4, -0.2) is 43.2 Å². The van der Waals surface area contributed by atoms with Gasteiger partial charge in [-0.05, 0) is 56.5 Å². The van der Waals surface area contributed by atoms with Crippen molar-refractivity contribution in [3.05, 3.63) is 34.9 Å². The van der Waals surface area contributed by atoms with Crippen LogP contribution >= 0.6 is 11.6 Å². The summed E-state index contributed by atoms with van der Waals surface area (Å²) in [4.78, 5) is 14.5. The standard InChI is InChI=1S/C17H23ClN2O2/c18-14-4-1-3-13(11-14)16-5-2-10-20(16)17(21)12-22-15-6-8-19-9-7-15/h1,3-4,11,15-16,19H,2,5-10,12H2. The lowest BCUT2D eigenvalue weighted by atomic mass is 10.0. The van der Waals surface area contributed by atoms with E-state index >= 15 is 0 Å². The quantitative estimate of drug-likeness (QED) is 0.926. The van der Waals surface area contributed by atoms with Crippen LogP contribution in [0.5, 0.6) is 0 Å². The van der Waals surface area contributed by atoms with Gasteiger partial charge in [0.1, 0.15) is 6.61 Å². The molecule has 2 aliphatic heterocycles. The minimum absolute atomic E-state index is 0.0982. The first-order chi connectivity index (χ1) is 10.7. The van der Waals surface area contributed by atoms with Gasteiger partial charge >= 0.3 is 0 Å². The molecule has 2 fully saturated rings. The molecule has 0 radical (unpaired) electrons. The molecule has 1 aromatic carbocycles. The van der Waals surface area contributed by atoms with Crippen LogP contribution < -0.4 is 5.32 Å². The van der Waals surface area contributed by atoms with Crippen molar-refractivity contribution in [1.82, 2.24) is 10.2 Å². The minimum atomic E-state index is 0.0982. The number of likely N-dealkylation sites (tertiary alicyclic amines) is 1. The van der Waals surface area contributed by atoms with E-state index in [0.717, 1.165) is 55.9 Å². The summed E-state index contributed by atoms with van der Waals surface area (Å²) in [6, 6.07) is 7.97. The summed E-state index contributed by atoms with van der Waals surface area (Å²) in [7, 11) is 0. The number of hydrogen-bond acceptors (Lipinski definition) is 3. The second-order valence-electron chi connectivity index (χ2n) is 6.06. The summed E-state index contributed by atoms with van der Waals surface area (Å²) in [5.74, 6) is 0.0982. The fraction of sp³-hybridized carbons (Fsp3) is 0.588. The van der Waals surface area contributed by atoms with Crippen molar-refractivity contribution in [1.29, 1.82) is 0 Å². The van der Waals surface area contributed by atoms with Gasteiger partial charge < -0.3 is 15.0 Å². The lowest BCUT2D eigenvalue weighted by molar-refractivity contribution is -0.139. The Morgan fingerprint density at radius 1 is 1.32 bits per heavy atom. The molecule has 3 rings (SSSR count). The molecule has 4 nitrogen and oxygen atoms in total. The number of carbonyl (C=O) groups is 1. The minimum Gasteiger partial charge on any atom is -0.368 e. The van der Waals surface area contributed by atoms with E-state index in [1.54, 1.807) is 0 Å². The molecule has 0 spiro atoms. The maximum absolute atomic E-state index is 12.5. The third-order valence-corrected chi connectivity index (χ3v) is 4.77. The smallest absolute Gasteiger partial charge is 0.249 e. The highest BCUT2D eigenvalue weighted by molar-refractivity contribution is 6.30. The third-order valence-electron chi connectivity index (χ3n) is 4.54. The normalized spacial score (nSPS) is 23.0. The second kappa shape index (κ2) is 7.44. The molecular formula is C17H23ClN2O2. The van der Waals surface area contributed by atoms with Crippen molar-refractivity contribution in [3.63, 3.8) is 0 Å². The van der Waals surface area contributed by atoms with Gasteiger partial charge in [-0.15, -0.1) is 0 Å². The van der Waals surface area contributed by atoms with Crippen LogP contribution in [0.25, 0.3) is 0 Å². The molecule has 2 aliphatic rings. The second-order valence-corrected chi connectivity index (χ2v) is 6.50. The van der Waals surface area contributed by atoms with Crippen LogP contribution in [0.2, 0.25) is 5.02 Å². The van der Waals surface area contributed by atoms with E-state index < -0.39 is 0 Å². The summed E-state index contributed by atoms with van der Waals surface area (Å²) >= 11 is 6.08. The number of nitrogens with one attached hydrogen (secondary N) is 1. The molecule has 1 aromatic rings. The van der Waals surface area contributed by atoms with E-state index in [1.807, 2.05) is 23.1 Å². The van der Waals surface area contributed by atoms with Crippen molar-refractivity contribution in [2.24, 2.45) is 0 Å². The van der Waals surface area contributed by atoms with Crippen molar-refractivity contribution in [2.45, 2.75) is 37.8 Å². The van der Waals surface area contributed by atoms with E-state index in [1.165, 1.54) is 0 Å². The Balaban J connectivity index is 1.58. The number of nitrogens with zero attached hydrogens (tertiary/aromatic N) is 1. The predicted octanol–water partition coefficient (Wildman–Crippen LogP) is 2.77. The van der Waals surface area contributed by atoms with E-state index in [4.69, 9.17) is 16.3 Å². The topological polar surface area (TPSA) is 41.6 Å². The molecule has 1 atom stereocenters. The van der Waals surface area contributed by atoms with Gasteiger partial charge in [-0.3, -0.25) is 4.79 Å². The van der Waals surface area contributed by atoms with E-state index in [-0.39, 0.29) is 24.7 Å². The Morgan fingerprint density at radius 3 is 2.91 bits per heavy atom. The lowest BCUT2D eigenvalue weighted by Gasteiger charge is -2.27. The van der Waals surface area contributed by atoms with E-state index in [0.29, 0.717) is 0 Å². The molecule has 22 heavy (non-hydrogen) atoms. The highest BCUT2D eigenvalue weighted by Crippen LogP contribution is 2.33. The van der Waals surface area contributed by atoms with Gasteiger partial charge in [-0.25, -0.2) is 0 Å². The molecule has 120 valence electrons. The van der Waals surface area contributed by atoms with Crippen LogP contribution in [0.3, 0.4) is 0 Å². The van der Waals surface area contributed by atoms with Gasteiger partial charge in [0.05, 0.1) is 12.1 Å². The number of halogens is 1. The van der Waals surface area contributed by atoms with Crippen molar-refractivity contribution in [3.8, 4) is 0 Å². The van der Waals surface area contributed by atoms with Crippen LogP contribution in [0.4, 0.5) is 0 Å². The Hall–Kier alpha value is -1.10. The highest BCUT2D eigenvalue weighted by Gasteiger charge is 2.30. The molecule has 5 heteroatoms. The Bertz CT molecular complexity index is 517. The molecule has 0 bridgehead atoms. The van der Waals surface area contributed by atoms with Gasteiger partial charge in [-0.2, -0.15) is 0 Å². The zero-order chi connectivity index (χ0) is 15.4. The Labute approximate surface area is 136 Å². The number of hydrogen-bond donors (Lipinski definition) is 1. The Morgan fingerprint density at radius 2 is 2.14 bits per heavy atom. The maximum atomic E-state index is 12.5. The molecule has 2 saturated heterocycles. The molecular weight excluding hydrogens is 300 g/mol. The van der Waals surface area contributed by atoms with E-state index in [9.17, 15) is 4.79 Å². The first kappa shape index (κ1) is 15.8. The molecule has 0 aliphatic carbocycles. The average Bonchev–Trinajstić information content (AvgIpc) is 3.03. The molecule has 1 unspecified atom stereocenters. The number of amides is 1. The summed E-state index contributed by atoms with van der Waals surface area (Å²) in [5.41, 5.74) is 1.13. The molecule has 2 heterocycles. The van der Waals surface area contributed by atoms with Gasteiger partial charge in [-0.1, -0.05) is 23.7 Å². The first-order valence-corrected chi connectivity index (χ1v) is 8.49. The number of piperidine rings is 1. The van der Waals surface area contributed by atoms with E-state index in [2.05, 4.69) is 11.4 Å². The SMILES string of the molecule is O=C(COC1CCNCC1)N1CCCC1c1cccc(Cl)c1. The van der Waals surface area contributed by atoms with Crippen LogP contribution in [0, 0.1) is 0 Å². The molecule has 1 amide bonds. The largest absolute Gasteiger partial charge is 0.368 e. The lowest BCUT2D eigenvalue weighted by Crippen LogP contribution is -2.37. The van der Waals surface area contributed by atoms with Crippen LogP contribution in [0.15, 0.2) is 24.3 Å². The van der Waals surface area contributed by atoms with Gasteiger partial charge in [0.25, 0.3) is 0 Å². The van der Waals surface area contributed by atoms with Gasteiger partial charge in [0.15, 0.2) is 0 Å². The number of carbonyl (C=O) groups excluding carboxylic acids is 1. The molecule has 1 N–H and O–H groups in total. The molecule has 0 saturated carbocycles. The summed E-state index contributed by atoms with van der Waals surface area (Å²) in [6.07, 6.45) is 4.24. The summed E-state index contributed by atoms with van der Waals surface area (Å²) < 4.78 is 5.81. The predicted molar refractivity (Wildman–Crippen MR) is 87.0 cm³/mol. The third kappa shape index (κ3) is 3.80. The number of rotatable bonds is 4. The first-order valence-electron chi connectivity index (χ1n) is 8.11. The van der Waals surface area contributed by atoms with Crippen molar-refractivity contribution < 1.29 is 9.53 Å². The summed E-state index contributed by atoms with van der Waals surface area (Å²) in [6.45, 7) is 2.97. The Kier molecular flexibility index (Phi) is 5.34. The fourth-order valence-corrected chi connectivity index (χ4v) is 3.56. The fourth-order valence-electron chi connectivity index (χ4n) is 3.36. The zero-order valence-electron chi connectivity index (χ0n) is 12.8.